The predicted octanol–water partition coefficient (Wildman–Crippen LogP) is 2.27. The summed E-state index contributed by atoms with van der Waals surface area (Å²) in [5, 5.41) is 9.41. The normalized spacial score (nSPS) is 15.6. The maximum Gasteiger partial charge on any atom is 0.162 e. The Morgan fingerprint density at radius 3 is 2.43 bits per heavy atom. The molecular formula is C10H11F2NO. The van der Waals surface area contributed by atoms with Gasteiger partial charge in [-0.3, -0.25) is 0 Å². The van der Waals surface area contributed by atoms with E-state index in [1.54, 1.807) is 11.9 Å². The van der Waals surface area contributed by atoms with E-state index in [-0.39, 0.29) is 5.75 Å². The van der Waals surface area contributed by atoms with Crippen molar-refractivity contribution >= 4 is 5.69 Å². The number of phenolic OH excluding ortho intramolecular Hbond substituents is 1. The Balaban J connectivity index is 2.36. The van der Waals surface area contributed by atoms with Gasteiger partial charge in [0, 0.05) is 25.2 Å². The molecule has 0 aromatic heterocycles. The zero-order valence-electron chi connectivity index (χ0n) is 7.80. The lowest BCUT2D eigenvalue weighted by molar-refractivity contribution is 0.454. The van der Waals surface area contributed by atoms with E-state index < -0.39 is 11.6 Å². The largest absolute Gasteiger partial charge is 0.506 e. The number of nitrogens with zero attached hydrogens (tertiary/aromatic N) is 1. The average Bonchev–Trinajstić information content (AvgIpc) is 2.93. The quantitative estimate of drug-likeness (QED) is 0.789. The van der Waals surface area contributed by atoms with Crippen LogP contribution in [0.1, 0.15) is 12.8 Å². The van der Waals surface area contributed by atoms with Gasteiger partial charge in [0.25, 0.3) is 0 Å². The van der Waals surface area contributed by atoms with Crippen molar-refractivity contribution in [1.29, 1.82) is 0 Å². The predicted molar refractivity (Wildman–Crippen MR) is 49.4 cm³/mol. The second-order valence-electron chi connectivity index (χ2n) is 3.60. The molecule has 14 heavy (non-hydrogen) atoms. The highest BCUT2D eigenvalue weighted by molar-refractivity contribution is 5.59. The topological polar surface area (TPSA) is 23.5 Å². The molecule has 0 heterocycles. The van der Waals surface area contributed by atoms with Gasteiger partial charge in [-0.25, -0.2) is 8.78 Å². The number of hydrogen-bond donors (Lipinski definition) is 1. The third-order valence-corrected chi connectivity index (χ3v) is 2.49. The average molecular weight is 199 g/mol. The first-order valence-corrected chi connectivity index (χ1v) is 4.50. The monoisotopic (exact) mass is 199 g/mol. The van der Waals surface area contributed by atoms with Crippen molar-refractivity contribution in [2.45, 2.75) is 18.9 Å². The Morgan fingerprint density at radius 2 is 1.86 bits per heavy atom. The van der Waals surface area contributed by atoms with Gasteiger partial charge in [0.15, 0.2) is 11.6 Å². The molecule has 0 atom stereocenters. The number of benzene rings is 1. The van der Waals surface area contributed by atoms with Crippen LogP contribution in [0.25, 0.3) is 0 Å². The number of phenols is 1. The standard InChI is InChI=1S/C10H11F2NO/c1-13(6-2-3-6)9-4-7(11)8(12)5-10(9)14/h4-6,14H,2-3H2,1H3. The van der Waals surface area contributed by atoms with E-state index in [9.17, 15) is 13.9 Å². The summed E-state index contributed by atoms with van der Waals surface area (Å²) in [4.78, 5) is 1.78. The third-order valence-electron chi connectivity index (χ3n) is 2.49. The summed E-state index contributed by atoms with van der Waals surface area (Å²) in [6, 6.07) is 2.19. The summed E-state index contributed by atoms with van der Waals surface area (Å²) < 4.78 is 25.6. The molecule has 0 bridgehead atoms. The minimum absolute atomic E-state index is 0.210. The number of anilines is 1. The van der Waals surface area contributed by atoms with Crippen molar-refractivity contribution in [3.8, 4) is 5.75 Å². The van der Waals surface area contributed by atoms with Gasteiger partial charge in [0.05, 0.1) is 5.69 Å². The Labute approximate surface area is 80.8 Å². The van der Waals surface area contributed by atoms with Crippen LogP contribution < -0.4 is 4.90 Å². The molecule has 0 radical (unpaired) electrons. The maximum absolute atomic E-state index is 12.9. The molecule has 0 spiro atoms. The summed E-state index contributed by atoms with van der Waals surface area (Å²) in [5.41, 5.74) is 0.353. The lowest BCUT2D eigenvalue weighted by atomic mass is 10.2. The summed E-state index contributed by atoms with van der Waals surface area (Å²) in [5.74, 6) is -2.15. The van der Waals surface area contributed by atoms with Gasteiger partial charge in [-0.15, -0.1) is 0 Å². The summed E-state index contributed by atoms with van der Waals surface area (Å²) in [6.45, 7) is 0. The molecule has 1 fully saturated rings. The number of aromatic hydroxyl groups is 1. The Morgan fingerprint density at radius 1 is 1.29 bits per heavy atom. The van der Waals surface area contributed by atoms with E-state index in [1.807, 2.05) is 0 Å². The molecule has 0 aliphatic heterocycles. The Hall–Kier alpha value is -1.32. The van der Waals surface area contributed by atoms with E-state index in [1.165, 1.54) is 0 Å². The first-order chi connectivity index (χ1) is 6.59. The lowest BCUT2D eigenvalue weighted by Crippen LogP contribution is -2.19. The highest BCUT2D eigenvalue weighted by Crippen LogP contribution is 2.36. The fraction of sp³-hybridized carbons (Fsp3) is 0.400. The van der Waals surface area contributed by atoms with Crippen molar-refractivity contribution in [2.24, 2.45) is 0 Å². The van der Waals surface area contributed by atoms with Crippen molar-refractivity contribution in [2.75, 3.05) is 11.9 Å². The van der Waals surface area contributed by atoms with Gasteiger partial charge in [-0.05, 0) is 12.8 Å². The first kappa shape index (κ1) is 9.24. The maximum atomic E-state index is 12.9. The van der Waals surface area contributed by atoms with Crippen molar-refractivity contribution in [3.63, 3.8) is 0 Å². The van der Waals surface area contributed by atoms with Crippen molar-refractivity contribution < 1.29 is 13.9 Å². The molecule has 2 nitrogen and oxygen atoms in total. The zero-order valence-corrected chi connectivity index (χ0v) is 7.80. The van der Waals surface area contributed by atoms with Crippen LogP contribution in [-0.4, -0.2) is 18.2 Å². The van der Waals surface area contributed by atoms with E-state index in [4.69, 9.17) is 0 Å². The first-order valence-electron chi connectivity index (χ1n) is 4.50. The van der Waals surface area contributed by atoms with Crippen LogP contribution in [-0.2, 0) is 0 Å². The second kappa shape index (κ2) is 3.12. The van der Waals surface area contributed by atoms with E-state index in [0.29, 0.717) is 11.7 Å². The highest BCUT2D eigenvalue weighted by atomic mass is 19.2. The van der Waals surface area contributed by atoms with Crippen LogP contribution in [0.5, 0.6) is 5.75 Å². The third kappa shape index (κ3) is 1.52. The van der Waals surface area contributed by atoms with E-state index in [0.717, 1.165) is 25.0 Å². The fourth-order valence-electron chi connectivity index (χ4n) is 1.47. The second-order valence-corrected chi connectivity index (χ2v) is 3.60. The van der Waals surface area contributed by atoms with Gasteiger partial charge in [-0.1, -0.05) is 0 Å². The van der Waals surface area contributed by atoms with Crippen molar-refractivity contribution in [3.05, 3.63) is 23.8 Å². The zero-order chi connectivity index (χ0) is 10.3. The number of rotatable bonds is 2. The minimum atomic E-state index is -1.02. The molecular weight excluding hydrogens is 188 g/mol. The lowest BCUT2D eigenvalue weighted by Gasteiger charge is -2.19. The molecule has 4 heteroatoms. The molecule has 1 aliphatic carbocycles. The summed E-state index contributed by atoms with van der Waals surface area (Å²) in [7, 11) is 1.77. The molecule has 1 aromatic carbocycles. The van der Waals surface area contributed by atoms with Gasteiger partial charge in [-0.2, -0.15) is 0 Å². The SMILES string of the molecule is CN(c1cc(F)c(F)cc1O)C1CC1. The van der Waals surface area contributed by atoms with Crippen LogP contribution in [0.15, 0.2) is 12.1 Å². The molecule has 1 N–H and O–H groups in total. The Bertz CT molecular complexity index is 363. The van der Waals surface area contributed by atoms with Crippen LogP contribution in [0.3, 0.4) is 0 Å². The van der Waals surface area contributed by atoms with E-state index >= 15 is 0 Å². The molecule has 1 saturated carbocycles. The van der Waals surface area contributed by atoms with Gasteiger partial charge in [0.2, 0.25) is 0 Å². The van der Waals surface area contributed by atoms with Crippen LogP contribution in [0.4, 0.5) is 14.5 Å². The van der Waals surface area contributed by atoms with E-state index in [2.05, 4.69) is 0 Å². The minimum Gasteiger partial charge on any atom is -0.506 e. The summed E-state index contributed by atoms with van der Waals surface area (Å²) >= 11 is 0. The van der Waals surface area contributed by atoms with Crippen molar-refractivity contribution in [1.82, 2.24) is 0 Å². The molecule has 2 rings (SSSR count). The molecule has 76 valence electrons. The number of halogens is 2. The van der Waals surface area contributed by atoms with Crippen LogP contribution >= 0.6 is 0 Å². The fourth-order valence-corrected chi connectivity index (χ4v) is 1.47. The molecule has 0 amide bonds. The molecule has 1 aromatic rings. The van der Waals surface area contributed by atoms with Gasteiger partial charge in [0.1, 0.15) is 5.75 Å². The number of hydrogen-bond acceptors (Lipinski definition) is 2. The van der Waals surface area contributed by atoms with Crippen LogP contribution in [0, 0.1) is 11.6 Å². The smallest absolute Gasteiger partial charge is 0.162 e. The molecule has 0 saturated heterocycles. The van der Waals surface area contributed by atoms with Crippen LogP contribution in [0.2, 0.25) is 0 Å². The molecule has 0 unspecified atom stereocenters. The van der Waals surface area contributed by atoms with Gasteiger partial charge >= 0.3 is 0 Å². The molecule has 1 aliphatic rings. The summed E-state index contributed by atoms with van der Waals surface area (Å²) in [6.07, 6.45) is 2.07. The van der Waals surface area contributed by atoms with Gasteiger partial charge < -0.3 is 10.0 Å². The highest BCUT2D eigenvalue weighted by Gasteiger charge is 2.28. The Kier molecular flexibility index (Phi) is 2.06.